The van der Waals surface area contributed by atoms with E-state index < -0.39 is 92.7 Å². The molecule has 0 saturated carbocycles. The van der Waals surface area contributed by atoms with Crippen molar-refractivity contribution in [3.63, 3.8) is 0 Å². The summed E-state index contributed by atoms with van der Waals surface area (Å²) in [4.78, 5) is 85.5. The van der Waals surface area contributed by atoms with Crippen molar-refractivity contribution in [1.29, 1.82) is 0 Å². The molecule has 29 heteroatoms. The van der Waals surface area contributed by atoms with Gasteiger partial charge in [0, 0.05) is 143 Å². The van der Waals surface area contributed by atoms with Gasteiger partial charge >= 0.3 is 35.9 Å². The molecule has 72 heavy (non-hydrogen) atoms. The van der Waals surface area contributed by atoms with E-state index in [9.17, 15) is 90.0 Å². The van der Waals surface area contributed by atoms with Crippen molar-refractivity contribution in [3.05, 3.63) is 0 Å². The van der Waals surface area contributed by atoms with Crippen molar-refractivity contribution in [1.82, 2.24) is 44.1 Å². The van der Waals surface area contributed by atoms with Crippen LogP contribution in [0.3, 0.4) is 0 Å². The lowest BCUT2D eigenvalue weighted by molar-refractivity contribution is -0.140. The summed E-state index contributed by atoms with van der Waals surface area (Å²) in [6.07, 6.45) is -5.57. The Kier molecular flexibility index (Phi) is 32.1. The van der Waals surface area contributed by atoms with Crippen LogP contribution in [0.25, 0.3) is 0 Å². The Morgan fingerprint density at radius 1 is 0.389 bits per heavy atom. The van der Waals surface area contributed by atoms with E-state index in [0.29, 0.717) is 0 Å². The first-order chi connectivity index (χ1) is 34.2. The number of nitrogens with zero attached hydrogens (tertiary/aromatic N) is 9. The van der Waals surface area contributed by atoms with Crippen molar-refractivity contribution < 1.29 is 99.5 Å². The van der Waals surface area contributed by atoms with Gasteiger partial charge in [0.25, 0.3) is 0 Å². The molecule has 0 aromatic carbocycles. The molecule has 2 atom stereocenters. The smallest absolute Gasteiger partial charge is 0.407 e. The molecule has 2 saturated heterocycles. The second-order valence-electron chi connectivity index (χ2n) is 18.3. The lowest BCUT2D eigenvalue weighted by atomic mass is 10.1. The van der Waals surface area contributed by atoms with Crippen LogP contribution in [0, 0.1) is 5.92 Å². The van der Waals surface area contributed by atoms with E-state index in [4.69, 9.17) is 9.47 Å². The monoisotopic (exact) mass is 1040 g/mol. The molecule has 0 spiro atoms. The van der Waals surface area contributed by atoms with Gasteiger partial charge in [-0.1, -0.05) is 0 Å². The lowest BCUT2D eigenvalue weighted by Gasteiger charge is -2.36. The van der Waals surface area contributed by atoms with Crippen LogP contribution in [0.15, 0.2) is 0 Å². The van der Waals surface area contributed by atoms with E-state index in [2.05, 4.69) is 0 Å². The molecular formula is C43H81N9O20. The van der Waals surface area contributed by atoms with Gasteiger partial charge in [-0.15, -0.1) is 0 Å². The van der Waals surface area contributed by atoms with Crippen LogP contribution < -0.4 is 0 Å². The molecule has 0 radical (unpaired) electrons. The third-order valence-corrected chi connectivity index (χ3v) is 12.2. The number of carbonyl (C=O) groups is 6. The number of hydrogen-bond donors (Lipinski definition) is 12. The van der Waals surface area contributed by atoms with E-state index in [1.807, 2.05) is 4.90 Å². The standard InChI is InChI=1S/C43H81N9O20/c53-27-36(28-54)71-31-33(32-72-37(29-55)30-56)17-51(21-35(58)19-45-3-6-48(24-40(63)64)11-12-50(26-42(67)68)14-16-52(15-13-45)43(69)70)20-34(57)18-44-1-4-46(22-38(59)60)7-9-49(25-41(65)66)10-8-47(5-2-44)23-39(61)62/h33-37,53-58H,1-32H2,(H,59,60)(H,61,62)(H,63,64)(H,65,66)(H,67,68)(H,69,70). The van der Waals surface area contributed by atoms with Crippen molar-refractivity contribution in [3.8, 4) is 0 Å². The van der Waals surface area contributed by atoms with Crippen LogP contribution in [-0.2, 0) is 33.4 Å². The van der Waals surface area contributed by atoms with Gasteiger partial charge in [-0.3, -0.25) is 63.2 Å². The number of aliphatic hydroxyl groups is 6. The number of β-amino-alcohol motifs (C(OH)–C–C–N with tert-alkyl or cyclic N) is 2. The van der Waals surface area contributed by atoms with Gasteiger partial charge in [0.1, 0.15) is 12.2 Å². The molecule has 29 nitrogen and oxygen atoms in total. The molecule has 0 aromatic heterocycles. The first kappa shape index (κ1) is 64.1. The fourth-order valence-corrected chi connectivity index (χ4v) is 8.34. The number of amides is 1. The highest BCUT2D eigenvalue weighted by molar-refractivity contribution is 5.70. The summed E-state index contributed by atoms with van der Waals surface area (Å²) in [5.74, 6) is -6.18. The van der Waals surface area contributed by atoms with Crippen LogP contribution in [0.4, 0.5) is 4.79 Å². The second kappa shape index (κ2) is 36.0. The highest BCUT2D eigenvalue weighted by atomic mass is 16.5. The summed E-state index contributed by atoms with van der Waals surface area (Å²) in [6, 6.07) is 0. The van der Waals surface area contributed by atoms with Crippen molar-refractivity contribution in [2.24, 2.45) is 5.92 Å². The molecule has 12 N–H and O–H groups in total. The maximum absolute atomic E-state index is 12.3. The maximum atomic E-state index is 12.3. The largest absolute Gasteiger partial charge is 0.480 e. The molecule has 2 unspecified atom stereocenters. The minimum Gasteiger partial charge on any atom is -0.480 e. The molecule has 0 aromatic rings. The quantitative estimate of drug-likeness (QED) is 0.0318. The number of rotatable bonds is 30. The van der Waals surface area contributed by atoms with Gasteiger partial charge in [-0.25, -0.2) is 4.79 Å². The average molecular weight is 1040 g/mol. The van der Waals surface area contributed by atoms with E-state index in [1.165, 1.54) is 4.90 Å². The molecule has 2 fully saturated rings. The van der Waals surface area contributed by atoms with Crippen LogP contribution in [-0.4, -0.2) is 376 Å². The Morgan fingerprint density at radius 3 is 0.889 bits per heavy atom. The van der Waals surface area contributed by atoms with Crippen LogP contribution >= 0.6 is 0 Å². The van der Waals surface area contributed by atoms with Gasteiger partial charge in [0.05, 0.1) is 84.6 Å². The zero-order valence-electron chi connectivity index (χ0n) is 41.2. The molecule has 0 bridgehead atoms. The number of ether oxygens (including phenoxy) is 2. The van der Waals surface area contributed by atoms with E-state index in [0.717, 1.165) is 4.90 Å². The Bertz CT molecular complexity index is 1540. The molecule has 2 rings (SSSR count). The minimum absolute atomic E-state index is 0.0219. The SMILES string of the molecule is O=C(O)CN1CCN(CC(=O)O)CCN(CC(O)CN(CC(O)CN2CCN(CC(=O)O)CCN(CC(=O)O)CCN(C(=O)O)CC2)CC(COC(CO)CO)COC(CO)CO)CCN(CC(=O)O)CC1. The van der Waals surface area contributed by atoms with E-state index in [1.54, 1.807) is 29.4 Å². The molecule has 0 aliphatic carbocycles. The number of carboxylic acid groups (broad SMARTS) is 6. The molecule has 2 aliphatic rings. The van der Waals surface area contributed by atoms with Gasteiger partial charge in [-0.2, -0.15) is 0 Å². The average Bonchev–Trinajstić information content (AvgIpc) is 3.29. The summed E-state index contributed by atoms with van der Waals surface area (Å²) >= 11 is 0. The second-order valence-corrected chi connectivity index (χ2v) is 18.3. The summed E-state index contributed by atoms with van der Waals surface area (Å²) < 4.78 is 11.5. The summed E-state index contributed by atoms with van der Waals surface area (Å²) in [6.45, 7) is -2.23. The van der Waals surface area contributed by atoms with Crippen LogP contribution in [0.2, 0.25) is 0 Å². The minimum atomic E-state index is -1.25. The van der Waals surface area contributed by atoms with Crippen molar-refractivity contribution in [2.45, 2.75) is 24.4 Å². The summed E-state index contributed by atoms with van der Waals surface area (Å²) in [5.41, 5.74) is 0. The normalized spacial score (nSPS) is 19.2. The Balaban J connectivity index is 2.48. The first-order valence-corrected chi connectivity index (χ1v) is 24.1. The van der Waals surface area contributed by atoms with Crippen LogP contribution in [0.5, 0.6) is 0 Å². The maximum Gasteiger partial charge on any atom is 0.407 e. The molecule has 418 valence electrons. The number of hydrogen-bond acceptors (Lipinski definition) is 22. The summed E-state index contributed by atoms with van der Waals surface area (Å²) in [7, 11) is 0. The zero-order chi connectivity index (χ0) is 53.6. The fraction of sp³-hybridized carbons (Fsp3) is 0.860. The highest BCUT2D eigenvalue weighted by Gasteiger charge is 2.28. The number of aliphatic hydroxyl groups excluding tert-OH is 6. The highest BCUT2D eigenvalue weighted by Crippen LogP contribution is 2.12. The van der Waals surface area contributed by atoms with Gasteiger partial charge in [0.15, 0.2) is 0 Å². The number of carboxylic acids is 5. The first-order valence-electron chi connectivity index (χ1n) is 24.1. The van der Waals surface area contributed by atoms with E-state index >= 15 is 0 Å². The number of aliphatic carboxylic acids is 5. The molecular weight excluding hydrogens is 963 g/mol. The topological polar surface area (TPSA) is 393 Å². The van der Waals surface area contributed by atoms with Gasteiger partial charge in [-0.05, 0) is 0 Å². The van der Waals surface area contributed by atoms with Crippen molar-refractivity contribution >= 4 is 35.9 Å². The van der Waals surface area contributed by atoms with Gasteiger partial charge in [0.2, 0.25) is 0 Å². The molecule has 2 aliphatic heterocycles. The Morgan fingerprint density at radius 2 is 0.639 bits per heavy atom. The third-order valence-electron chi connectivity index (χ3n) is 12.2. The van der Waals surface area contributed by atoms with Crippen LogP contribution in [0.1, 0.15) is 0 Å². The van der Waals surface area contributed by atoms with Crippen molar-refractivity contribution in [2.75, 3.05) is 210 Å². The third kappa shape index (κ3) is 29.0. The Labute approximate surface area is 419 Å². The zero-order valence-corrected chi connectivity index (χ0v) is 41.2. The fourth-order valence-electron chi connectivity index (χ4n) is 8.34. The Hall–Kier alpha value is -4.02. The lowest BCUT2D eigenvalue weighted by Crippen LogP contribution is -2.52. The molecule has 1 amide bonds. The van der Waals surface area contributed by atoms with E-state index in [-0.39, 0.29) is 183 Å². The predicted octanol–water partition coefficient (Wildman–Crippen LogP) is -7.09. The summed E-state index contributed by atoms with van der Waals surface area (Å²) in [5, 5.41) is 121. The molecule has 2 heterocycles. The van der Waals surface area contributed by atoms with Gasteiger partial charge < -0.3 is 75.7 Å². The predicted molar refractivity (Wildman–Crippen MR) is 253 cm³/mol.